The molecule has 3 fully saturated rings. The Kier molecular flexibility index (Phi) is 7.77. The SMILES string of the molecule is CC1(C2C(c3cccc(Cl)c3)CC(CCN3CCCC3)(CC(=O)O)C(=O)N2CC2CC2)C=CC(Cl)=CC1. The molecular weight excluding hydrogens is 507 g/mol. The molecule has 1 aromatic carbocycles. The van der Waals surface area contributed by atoms with Gasteiger partial charge in [0, 0.05) is 34.0 Å². The van der Waals surface area contributed by atoms with Gasteiger partial charge in [0.2, 0.25) is 5.91 Å². The predicted molar refractivity (Wildman–Crippen MR) is 148 cm³/mol. The highest BCUT2D eigenvalue weighted by Crippen LogP contribution is 2.54. The van der Waals surface area contributed by atoms with Crippen LogP contribution < -0.4 is 0 Å². The monoisotopic (exact) mass is 544 g/mol. The number of amides is 1. The summed E-state index contributed by atoms with van der Waals surface area (Å²) in [4.78, 5) is 31.4. The van der Waals surface area contributed by atoms with Gasteiger partial charge < -0.3 is 14.9 Å². The lowest BCUT2D eigenvalue weighted by Gasteiger charge is -2.55. The third-order valence-corrected chi connectivity index (χ3v) is 9.62. The number of nitrogens with zero attached hydrogens (tertiary/aromatic N) is 2. The second-order valence-corrected chi connectivity index (χ2v) is 12.9. The number of aliphatic carboxylic acids is 1. The van der Waals surface area contributed by atoms with Crippen molar-refractivity contribution in [3.05, 3.63) is 58.1 Å². The fourth-order valence-corrected chi connectivity index (χ4v) is 7.29. The largest absolute Gasteiger partial charge is 0.481 e. The Hall–Kier alpha value is -1.82. The number of carboxylic acid groups (broad SMARTS) is 1. The van der Waals surface area contributed by atoms with E-state index in [9.17, 15) is 14.7 Å². The normalized spacial score (nSPS) is 32.6. The van der Waals surface area contributed by atoms with E-state index >= 15 is 0 Å². The zero-order valence-electron chi connectivity index (χ0n) is 21.7. The van der Waals surface area contributed by atoms with Crippen LogP contribution in [0.2, 0.25) is 5.02 Å². The molecule has 5 nitrogen and oxygen atoms in total. The molecule has 0 bridgehead atoms. The molecule has 2 heterocycles. The summed E-state index contributed by atoms with van der Waals surface area (Å²) in [7, 11) is 0. The highest BCUT2D eigenvalue weighted by Gasteiger charge is 2.57. The van der Waals surface area contributed by atoms with Crippen molar-refractivity contribution in [3.63, 3.8) is 0 Å². The average Bonchev–Trinajstić information content (AvgIpc) is 3.52. The summed E-state index contributed by atoms with van der Waals surface area (Å²) in [6.07, 6.45) is 12.4. The van der Waals surface area contributed by atoms with Gasteiger partial charge in [-0.15, -0.1) is 0 Å². The first-order valence-corrected chi connectivity index (χ1v) is 14.5. The third-order valence-electron chi connectivity index (χ3n) is 9.10. The Labute approximate surface area is 230 Å². The first-order valence-electron chi connectivity index (χ1n) is 13.7. The number of hydrogen-bond donors (Lipinski definition) is 1. The molecule has 2 aliphatic heterocycles. The Morgan fingerprint density at radius 2 is 1.95 bits per heavy atom. The van der Waals surface area contributed by atoms with Gasteiger partial charge in [-0.3, -0.25) is 9.59 Å². The van der Waals surface area contributed by atoms with Gasteiger partial charge in [0.05, 0.1) is 11.8 Å². The van der Waals surface area contributed by atoms with Crippen LogP contribution in [0, 0.1) is 16.7 Å². The lowest BCUT2D eigenvalue weighted by atomic mass is 9.59. The quantitative estimate of drug-likeness (QED) is 0.387. The number of halogens is 2. The molecule has 1 N–H and O–H groups in total. The number of piperidine rings is 1. The summed E-state index contributed by atoms with van der Waals surface area (Å²) in [6.45, 7) is 5.72. The molecule has 7 heteroatoms. The molecule has 1 aromatic rings. The lowest BCUT2D eigenvalue weighted by molar-refractivity contribution is -0.163. The van der Waals surface area contributed by atoms with E-state index in [4.69, 9.17) is 23.2 Å². The van der Waals surface area contributed by atoms with Crippen molar-refractivity contribution < 1.29 is 14.7 Å². The van der Waals surface area contributed by atoms with Gasteiger partial charge in [0.25, 0.3) is 0 Å². The maximum absolute atomic E-state index is 14.6. The number of carboxylic acids is 1. The Morgan fingerprint density at radius 3 is 2.57 bits per heavy atom. The summed E-state index contributed by atoms with van der Waals surface area (Å²) < 4.78 is 0. The number of benzene rings is 1. The molecule has 0 aromatic heterocycles. The molecule has 1 amide bonds. The minimum Gasteiger partial charge on any atom is -0.481 e. The summed E-state index contributed by atoms with van der Waals surface area (Å²) in [5, 5.41) is 11.5. The maximum Gasteiger partial charge on any atom is 0.304 e. The highest BCUT2D eigenvalue weighted by atomic mass is 35.5. The van der Waals surface area contributed by atoms with E-state index in [1.54, 1.807) is 0 Å². The van der Waals surface area contributed by atoms with Crippen LogP contribution in [0.25, 0.3) is 0 Å². The number of allylic oxidation sites excluding steroid dienone is 3. The standard InChI is InChI=1S/C30H38Cl2N2O3/c1-29(11-9-23(31)10-12-29)27-25(22-5-4-6-24(32)17-22)18-30(19-26(35)36,13-16-33-14-2-3-15-33)28(37)34(27)20-21-7-8-21/h4-6,9-11,17,21,25,27H,2-3,7-8,12-16,18-20H2,1H3,(H,35,36). The summed E-state index contributed by atoms with van der Waals surface area (Å²) in [6, 6.07) is 7.84. The van der Waals surface area contributed by atoms with E-state index in [1.807, 2.05) is 30.4 Å². The smallest absolute Gasteiger partial charge is 0.304 e. The summed E-state index contributed by atoms with van der Waals surface area (Å²) in [5.41, 5.74) is -0.174. The van der Waals surface area contributed by atoms with Crippen molar-refractivity contribution in [2.24, 2.45) is 16.7 Å². The van der Waals surface area contributed by atoms with Crippen LogP contribution in [0.1, 0.15) is 69.8 Å². The van der Waals surface area contributed by atoms with Crippen molar-refractivity contribution in [1.29, 1.82) is 0 Å². The molecule has 0 spiro atoms. The number of carbonyl (C=O) groups excluding carboxylic acids is 1. The molecule has 4 unspecified atom stereocenters. The fourth-order valence-electron chi connectivity index (χ4n) is 6.95. The van der Waals surface area contributed by atoms with Gasteiger partial charge in [-0.05, 0) is 94.3 Å². The van der Waals surface area contributed by atoms with Crippen LogP contribution in [-0.2, 0) is 9.59 Å². The second kappa shape index (κ2) is 10.7. The van der Waals surface area contributed by atoms with E-state index in [2.05, 4.69) is 28.9 Å². The first-order chi connectivity index (χ1) is 17.7. The molecule has 4 aliphatic rings. The molecule has 0 radical (unpaired) electrons. The Morgan fingerprint density at radius 1 is 1.19 bits per heavy atom. The van der Waals surface area contributed by atoms with Crippen molar-refractivity contribution >= 4 is 35.1 Å². The molecule has 200 valence electrons. The molecule has 2 saturated heterocycles. The van der Waals surface area contributed by atoms with Crippen LogP contribution in [0.5, 0.6) is 0 Å². The van der Waals surface area contributed by atoms with E-state index in [-0.39, 0.29) is 29.7 Å². The van der Waals surface area contributed by atoms with Gasteiger partial charge in [-0.2, -0.15) is 0 Å². The Balaban J connectivity index is 1.59. The molecule has 37 heavy (non-hydrogen) atoms. The van der Waals surface area contributed by atoms with Crippen molar-refractivity contribution in [1.82, 2.24) is 9.80 Å². The molecule has 5 rings (SSSR count). The molecule has 4 atom stereocenters. The van der Waals surface area contributed by atoms with Gasteiger partial charge >= 0.3 is 5.97 Å². The molecule has 1 saturated carbocycles. The van der Waals surface area contributed by atoms with Gasteiger partial charge in [-0.25, -0.2) is 0 Å². The van der Waals surface area contributed by atoms with Crippen LogP contribution in [-0.4, -0.2) is 59.0 Å². The van der Waals surface area contributed by atoms with Crippen LogP contribution in [0.15, 0.2) is 47.5 Å². The van der Waals surface area contributed by atoms with Crippen LogP contribution >= 0.6 is 23.2 Å². The molecular formula is C30H38Cl2N2O3. The average molecular weight is 546 g/mol. The van der Waals surface area contributed by atoms with Crippen molar-refractivity contribution in [3.8, 4) is 0 Å². The number of rotatable bonds is 9. The Bertz CT molecular complexity index is 1090. The van der Waals surface area contributed by atoms with Crippen LogP contribution in [0.4, 0.5) is 0 Å². The van der Waals surface area contributed by atoms with E-state index in [0.29, 0.717) is 30.3 Å². The fraction of sp³-hybridized carbons (Fsp3) is 0.600. The minimum absolute atomic E-state index is 0.0274. The van der Waals surface area contributed by atoms with Crippen molar-refractivity contribution in [2.75, 3.05) is 26.2 Å². The van der Waals surface area contributed by atoms with Gasteiger partial charge in [0.15, 0.2) is 0 Å². The maximum atomic E-state index is 14.6. The minimum atomic E-state index is -0.935. The first kappa shape index (κ1) is 26.8. The highest BCUT2D eigenvalue weighted by molar-refractivity contribution is 6.31. The van der Waals surface area contributed by atoms with E-state index < -0.39 is 11.4 Å². The van der Waals surface area contributed by atoms with Crippen LogP contribution in [0.3, 0.4) is 0 Å². The van der Waals surface area contributed by atoms with E-state index in [0.717, 1.165) is 49.5 Å². The van der Waals surface area contributed by atoms with E-state index in [1.165, 1.54) is 12.8 Å². The zero-order valence-corrected chi connectivity index (χ0v) is 23.2. The molecule has 2 aliphatic carbocycles. The lowest BCUT2D eigenvalue weighted by Crippen LogP contribution is -2.62. The number of likely N-dealkylation sites (tertiary alicyclic amines) is 2. The topological polar surface area (TPSA) is 60.9 Å². The van der Waals surface area contributed by atoms with Gasteiger partial charge in [0.1, 0.15) is 0 Å². The number of carbonyl (C=O) groups is 2. The third kappa shape index (κ3) is 5.79. The summed E-state index contributed by atoms with van der Waals surface area (Å²) >= 11 is 12.8. The second-order valence-electron chi connectivity index (χ2n) is 12.0. The number of hydrogen-bond acceptors (Lipinski definition) is 3. The summed E-state index contributed by atoms with van der Waals surface area (Å²) in [5.74, 6) is -0.420. The zero-order chi connectivity index (χ0) is 26.2. The predicted octanol–water partition coefficient (Wildman–Crippen LogP) is 6.47. The van der Waals surface area contributed by atoms with Crippen molar-refractivity contribution in [2.45, 2.75) is 70.3 Å². The van der Waals surface area contributed by atoms with Gasteiger partial charge in [-0.1, -0.05) is 54.4 Å².